The van der Waals surface area contributed by atoms with Crippen molar-refractivity contribution in [1.29, 1.82) is 0 Å². The van der Waals surface area contributed by atoms with Crippen LogP contribution in [0.4, 0.5) is 0 Å². The van der Waals surface area contributed by atoms with E-state index in [0.717, 1.165) is 11.7 Å². The monoisotopic (exact) mass is 206 g/mol. The van der Waals surface area contributed by atoms with Crippen LogP contribution in [0.15, 0.2) is 46.9 Å². The first-order valence-corrected chi connectivity index (χ1v) is 5.35. The second-order valence-electron chi connectivity index (χ2n) is 4.00. The van der Waals surface area contributed by atoms with E-state index in [9.17, 15) is 0 Å². The van der Waals surface area contributed by atoms with Gasteiger partial charge in [-0.2, -0.15) is 0 Å². The molecule has 0 aromatic rings. The van der Waals surface area contributed by atoms with E-state index in [0.29, 0.717) is 11.0 Å². The maximum Gasteiger partial charge on any atom is 0.130 e. The van der Waals surface area contributed by atoms with E-state index < -0.39 is 0 Å². The van der Waals surface area contributed by atoms with Gasteiger partial charge in [-0.3, -0.25) is 0 Å². The molecule has 0 aromatic carbocycles. The van der Waals surface area contributed by atoms with Crippen molar-refractivity contribution in [3.63, 3.8) is 0 Å². The quantitative estimate of drug-likeness (QED) is 0.638. The predicted molar refractivity (Wildman–Crippen MR) is 56.5 cm³/mol. The minimum absolute atomic E-state index is 0.525. The summed E-state index contributed by atoms with van der Waals surface area (Å²) in [6.07, 6.45) is 12.6. The highest BCUT2D eigenvalue weighted by Crippen LogP contribution is 2.46. The van der Waals surface area contributed by atoms with E-state index in [1.807, 2.05) is 12.2 Å². The molecule has 1 saturated carbocycles. The minimum atomic E-state index is 0.525. The van der Waals surface area contributed by atoms with Crippen LogP contribution < -0.4 is 0 Å². The van der Waals surface area contributed by atoms with E-state index in [4.69, 9.17) is 16.3 Å². The molecule has 1 nitrogen and oxygen atoms in total. The Bertz CT molecular complexity index is 383. The maximum atomic E-state index is 5.94. The van der Waals surface area contributed by atoms with Crippen LogP contribution in [0, 0.1) is 11.8 Å². The van der Waals surface area contributed by atoms with Gasteiger partial charge in [-0.25, -0.2) is 0 Å². The molecule has 3 rings (SSSR count). The average molecular weight is 207 g/mol. The summed E-state index contributed by atoms with van der Waals surface area (Å²) < 4.78 is 5.45. The lowest BCUT2D eigenvalue weighted by Crippen LogP contribution is -2.12. The summed E-state index contributed by atoms with van der Waals surface area (Å²) in [4.78, 5) is 0. The normalized spacial score (nSPS) is 29.8. The van der Waals surface area contributed by atoms with Crippen LogP contribution in [0.1, 0.15) is 12.8 Å². The molecule has 0 N–H and O–H groups in total. The van der Waals surface area contributed by atoms with Crippen LogP contribution in [0.25, 0.3) is 0 Å². The minimum Gasteiger partial charge on any atom is -0.463 e. The topological polar surface area (TPSA) is 9.23 Å². The van der Waals surface area contributed by atoms with Crippen LogP contribution in [0.5, 0.6) is 0 Å². The predicted octanol–water partition coefficient (Wildman–Crippen LogP) is 3.50. The van der Waals surface area contributed by atoms with Gasteiger partial charge in [-0.1, -0.05) is 23.8 Å². The fourth-order valence-corrected chi connectivity index (χ4v) is 2.23. The van der Waals surface area contributed by atoms with Crippen LogP contribution in [0.3, 0.4) is 0 Å². The standard InChI is InChI=1S/C12H11ClO/c13-9-6-11-10(8-4-5-8)2-1-3-12(11)14-7-9/h1-3,6-8,10H,4-5H2. The summed E-state index contributed by atoms with van der Waals surface area (Å²) in [5.74, 6) is 2.30. The molecule has 2 aliphatic carbocycles. The van der Waals surface area contributed by atoms with Gasteiger partial charge in [-0.15, -0.1) is 0 Å². The van der Waals surface area contributed by atoms with Gasteiger partial charge in [0.2, 0.25) is 0 Å². The van der Waals surface area contributed by atoms with Gasteiger partial charge in [0.15, 0.2) is 0 Å². The van der Waals surface area contributed by atoms with E-state index in [2.05, 4.69) is 12.2 Å². The van der Waals surface area contributed by atoms with Crippen LogP contribution in [-0.2, 0) is 4.74 Å². The molecule has 1 atom stereocenters. The largest absolute Gasteiger partial charge is 0.463 e. The first kappa shape index (κ1) is 8.37. The van der Waals surface area contributed by atoms with Crippen LogP contribution in [0.2, 0.25) is 0 Å². The van der Waals surface area contributed by atoms with Crippen LogP contribution >= 0.6 is 11.6 Å². The second-order valence-corrected chi connectivity index (χ2v) is 4.44. The summed E-state index contributed by atoms with van der Waals surface area (Å²) in [6, 6.07) is 0. The van der Waals surface area contributed by atoms with Gasteiger partial charge in [0.1, 0.15) is 12.0 Å². The van der Waals surface area contributed by atoms with Crippen molar-refractivity contribution in [2.75, 3.05) is 0 Å². The van der Waals surface area contributed by atoms with Crippen molar-refractivity contribution in [1.82, 2.24) is 0 Å². The van der Waals surface area contributed by atoms with E-state index >= 15 is 0 Å². The summed E-state index contributed by atoms with van der Waals surface area (Å²) in [5, 5.41) is 0.693. The van der Waals surface area contributed by atoms with E-state index in [-0.39, 0.29) is 0 Å². The summed E-state index contributed by atoms with van der Waals surface area (Å²) in [6.45, 7) is 0. The smallest absolute Gasteiger partial charge is 0.130 e. The van der Waals surface area contributed by atoms with Crippen molar-refractivity contribution in [3.8, 4) is 0 Å². The highest BCUT2D eigenvalue weighted by atomic mass is 35.5. The van der Waals surface area contributed by atoms with E-state index in [1.165, 1.54) is 18.4 Å². The van der Waals surface area contributed by atoms with Crippen molar-refractivity contribution in [2.45, 2.75) is 12.8 Å². The lowest BCUT2D eigenvalue weighted by Gasteiger charge is -2.24. The zero-order valence-corrected chi connectivity index (χ0v) is 8.50. The fourth-order valence-electron chi connectivity index (χ4n) is 2.07. The van der Waals surface area contributed by atoms with Gasteiger partial charge < -0.3 is 4.74 Å². The summed E-state index contributed by atoms with van der Waals surface area (Å²) in [7, 11) is 0. The summed E-state index contributed by atoms with van der Waals surface area (Å²) >= 11 is 5.94. The second kappa shape index (κ2) is 3.03. The third-order valence-corrected chi connectivity index (χ3v) is 3.13. The van der Waals surface area contributed by atoms with Gasteiger partial charge in [0.05, 0.1) is 5.03 Å². The number of halogens is 1. The van der Waals surface area contributed by atoms with Crippen LogP contribution in [-0.4, -0.2) is 0 Å². The Kier molecular flexibility index (Phi) is 1.81. The highest BCUT2D eigenvalue weighted by molar-refractivity contribution is 6.31. The van der Waals surface area contributed by atoms with Gasteiger partial charge in [-0.05, 0) is 30.9 Å². The third kappa shape index (κ3) is 1.32. The SMILES string of the molecule is ClC1=COC2=CC=CC(C3CC3)C2=C1. The Labute approximate surface area is 88.4 Å². The molecular formula is C12H11ClO. The molecule has 14 heavy (non-hydrogen) atoms. The van der Waals surface area contributed by atoms with Crippen molar-refractivity contribution >= 4 is 11.6 Å². The molecule has 1 aliphatic heterocycles. The number of rotatable bonds is 1. The number of hydrogen-bond acceptors (Lipinski definition) is 1. The van der Waals surface area contributed by atoms with Crippen molar-refractivity contribution in [2.24, 2.45) is 11.8 Å². The lowest BCUT2D eigenvalue weighted by atomic mass is 9.88. The third-order valence-electron chi connectivity index (χ3n) is 2.93. The Hall–Kier alpha value is -0.950. The molecule has 72 valence electrons. The Morgan fingerprint density at radius 3 is 3.00 bits per heavy atom. The molecule has 0 amide bonds. The molecule has 1 fully saturated rings. The molecule has 0 radical (unpaired) electrons. The number of fused-ring (bicyclic) bond motifs is 1. The molecule has 1 heterocycles. The Morgan fingerprint density at radius 1 is 1.36 bits per heavy atom. The van der Waals surface area contributed by atoms with E-state index in [1.54, 1.807) is 6.26 Å². The van der Waals surface area contributed by atoms with Crippen molar-refractivity contribution in [3.05, 3.63) is 46.9 Å². The fraction of sp³-hybridized carbons (Fsp3) is 0.333. The zero-order valence-electron chi connectivity index (χ0n) is 7.74. The number of hydrogen-bond donors (Lipinski definition) is 0. The molecule has 0 bridgehead atoms. The molecule has 0 aromatic heterocycles. The first-order chi connectivity index (χ1) is 6.84. The molecular weight excluding hydrogens is 196 g/mol. The molecule has 0 saturated heterocycles. The lowest BCUT2D eigenvalue weighted by molar-refractivity contribution is 0.342. The molecule has 0 spiro atoms. The molecule has 3 aliphatic rings. The first-order valence-electron chi connectivity index (χ1n) is 4.97. The molecule has 1 unspecified atom stereocenters. The number of allylic oxidation sites excluding steroid dienone is 6. The highest BCUT2D eigenvalue weighted by Gasteiger charge is 2.35. The Morgan fingerprint density at radius 2 is 2.21 bits per heavy atom. The average Bonchev–Trinajstić information content (AvgIpc) is 3.00. The van der Waals surface area contributed by atoms with Gasteiger partial charge >= 0.3 is 0 Å². The maximum absolute atomic E-state index is 5.94. The van der Waals surface area contributed by atoms with Gasteiger partial charge in [0.25, 0.3) is 0 Å². The zero-order chi connectivity index (χ0) is 9.54. The molecule has 2 heteroatoms. The summed E-state index contributed by atoms with van der Waals surface area (Å²) in [5.41, 5.74) is 1.25. The number of ether oxygens (including phenoxy) is 1. The van der Waals surface area contributed by atoms with Gasteiger partial charge in [0, 0.05) is 11.5 Å². The van der Waals surface area contributed by atoms with Crippen molar-refractivity contribution < 1.29 is 4.74 Å². The Balaban J connectivity index is 1.98.